The van der Waals surface area contributed by atoms with Crippen molar-refractivity contribution in [2.24, 2.45) is 0 Å². The number of hydrogen-bond donors (Lipinski definition) is 0. The maximum Gasteiger partial charge on any atom is 0.259 e. The number of rotatable bonds is 3. The minimum absolute atomic E-state index is 0.0573. The van der Waals surface area contributed by atoms with Gasteiger partial charge in [0.15, 0.2) is 5.65 Å². The van der Waals surface area contributed by atoms with Crippen molar-refractivity contribution in [3.05, 3.63) is 42.6 Å². The molecule has 0 bridgehead atoms. The lowest BCUT2D eigenvalue weighted by atomic mass is 10.1. The average Bonchev–Trinajstić information content (AvgIpc) is 3.31. The summed E-state index contributed by atoms with van der Waals surface area (Å²) < 4.78 is 3.44. The van der Waals surface area contributed by atoms with Gasteiger partial charge >= 0.3 is 0 Å². The number of carbonyl (C=O) groups is 1. The first-order valence-electron chi connectivity index (χ1n) is 7.75. The van der Waals surface area contributed by atoms with E-state index in [0.717, 1.165) is 0 Å². The average molecular weight is 326 g/mol. The van der Waals surface area contributed by atoms with Crippen LogP contribution in [0.15, 0.2) is 37.1 Å². The number of carbonyl (C=O) groups excluding carboxylic acids is 1. The molecule has 9 nitrogen and oxygen atoms in total. The molecule has 4 heterocycles. The molecular formula is C15H18N8O. The van der Waals surface area contributed by atoms with Crippen LogP contribution in [-0.2, 0) is 0 Å². The Morgan fingerprint density at radius 1 is 1.25 bits per heavy atom. The molecule has 2 atom stereocenters. The molecule has 0 saturated carbocycles. The summed E-state index contributed by atoms with van der Waals surface area (Å²) in [4.78, 5) is 21.2. The van der Waals surface area contributed by atoms with Gasteiger partial charge in [-0.15, -0.1) is 5.10 Å². The van der Waals surface area contributed by atoms with Crippen LogP contribution >= 0.6 is 0 Å². The van der Waals surface area contributed by atoms with Gasteiger partial charge in [0.05, 0.1) is 24.5 Å². The van der Waals surface area contributed by atoms with E-state index in [1.807, 2.05) is 29.9 Å². The fourth-order valence-electron chi connectivity index (χ4n) is 3.25. The monoisotopic (exact) mass is 326 g/mol. The van der Waals surface area contributed by atoms with Gasteiger partial charge in [0, 0.05) is 31.7 Å². The highest BCUT2D eigenvalue weighted by atomic mass is 16.2. The van der Waals surface area contributed by atoms with Gasteiger partial charge in [0.1, 0.15) is 5.56 Å². The third kappa shape index (κ3) is 2.33. The van der Waals surface area contributed by atoms with Gasteiger partial charge in [-0.2, -0.15) is 5.10 Å². The Balaban J connectivity index is 1.64. The van der Waals surface area contributed by atoms with E-state index in [1.54, 1.807) is 35.4 Å². The number of hydrogen-bond acceptors (Lipinski definition) is 6. The molecule has 3 aromatic rings. The second-order valence-electron chi connectivity index (χ2n) is 6.14. The molecule has 0 unspecified atom stereocenters. The third-order valence-corrected chi connectivity index (χ3v) is 4.50. The zero-order valence-electron chi connectivity index (χ0n) is 13.5. The van der Waals surface area contributed by atoms with E-state index in [9.17, 15) is 4.79 Å². The highest BCUT2D eigenvalue weighted by molar-refractivity contribution is 5.99. The molecule has 9 heteroatoms. The van der Waals surface area contributed by atoms with E-state index < -0.39 is 0 Å². The van der Waals surface area contributed by atoms with Crippen molar-refractivity contribution in [2.45, 2.75) is 12.1 Å². The normalized spacial score (nSPS) is 21.0. The number of likely N-dealkylation sites (N-methyl/N-ethyl adjacent to an activating group) is 1. The summed E-state index contributed by atoms with van der Waals surface area (Å²) in [6.07, 6.45) is 8.53. The van der Waals surface area contributed by atoms with E-state index in [2.05, 4.69) is 25.3 Å². The van der Waals surface area contributed by atoms with Crippen LogP contribution in [0.25, 0.3) is 5.65 Å². The maximum atomic E-state index is 13.0. The van der Waals surface area contributed by atoms with Crippen molar-refractivity contribution >= 4 is 11.6 Å². The van der Waals surface area contributed by atoms with Crippen molar-refractivity contribution in [1.29, 1.82) is 0 Å². The number of amides is 1. The van der Waals surface area contributed by atoms with Gasteiger partial charge < -0.3 is 9.80 Å². The fraction of sp³-hybridized carbons (Fsp3) is 0.400. The third-order valence-electron chi connectivity index (χ3n) is 4.50. The number of nitrogens with zero attached hydrogens (tertiary/aromatic N) is 8. The number of fused-ring (bicyclic) bond motifs is 1. The molecule has 24 heavy (non-hydrogen) atoms. The Morgan fingerprint density at radius 3 is 2.88 bits per heavy atom. The van der Waals surface area contributed by atoms with Crippen molar-refractivity contribution in [2.75, 3.05) is 27.2 Å². The summed E-state index contributed by atoms with van der Waals surface area (Å²) in [5.41, 5.74) is 1.10. The first kappa shape index (κ1) is 14.8. The largest absolute Gasteiger partial charge is 0.335 e. The molecule has 0 N–H and O–H groups in total. The highest BCUT2D eigenvalue weighted by Crippen LogP contribution is 2.26. The van der Waals surface area contributed by atoms with Crippen LogP contribution < -0.4 is 0 Å². The highest BCUT2D eigenvalue weighted by Gasteiger charge is 2.39. The molecule has 0 aromatic carbocycles. The SMILES string of the molecule is CN(C)[C@@H]1CN(C(=O)c2cnn3cccnc23)C[C@@H]1n1ccnn1. The Hall–Kier alpha value is -2.81. The minimum atomic E-state index is -0.0573. The smallest absolute Gasteiger partial charge is 0.259 e. The standard InChI is InChI=1S/C15H18N8O/c1-20(2)12-9-21(10-13(12)22-7-5-17-19-22)15(24)11-8-18-23-6-3-4-16-14(11)23/h3-8,12-13H,9-10H2,1-2H3/t12-,13+/m1/s1. The molecule has 1 saturated heterocycles. The lowest BCUT2D eigenvalue weighted by Crippen LogP contribution is -2.37. The molecule has 1 aliphatic rings. The summed E-state index contributed by atoms with van der Waals surface area (Å²) >= 11 is 0. The minimum Gasteiger partial charge on any atom is -0.335 e. The summed E-state index contributed by atoms with van der Waals surface area (Å²) in [5, 5.41) is 12.2. The zero-order chi connectivity index (χ0) is 16.7. The molecule has 1 fully saturated rings. The molecule has 0 aliphatic carbocycles. The molecule has 0 spiro atoms. The Morgan fingerprint density at radius 2 is 2.12 bits per heavy atom. The van der Waals surface area contributed by atoms with Crippen LogP contribution in [0.3, 0.4) is 0 Å². The van der Waals surface area contributed by atoms with E-state index in [1.165, 1.54) is 0 Å². The summed E-state index contributed by atoms with van der Waals surface area (Å²) in [6.45, 7) is 1.20. The molecule has 1 amide bonds. The number of likely N-dealkylation sites (tertiary alicyclic amines) is 1. The molecule has 1 aliphatic heterocycles. The van der Waals surface area contributed by atoms with Crippen LogP contribution in [0, 0.1) is 0 Å². The van der Waals surface area contributed by atoms with Crippen LogP contribution in [0.2, 0.25) is 0 Å². The van der Waals surface area contributed by atoms with Crippen molar-refractivity contribution in [3.63, 3.8) is 0 Å². The van der Waals surface area contributed by atoms with Crippen LogP contribution in [0.1, 0.15) is 16.4 Å². The van der Waals surface area contributed by atoms with Gasteiger partial charge in [-0.3, -0.25) is 4.79 Å². The molecule has 0 radical (unpaired) electrons. The van der Waals surface area contributed by atoms with Gasteiger partial charge in [0.25, 0.3) is 5.91 Å². The quantitative estimate of drug-likeness (QED) is 0.671. The second kappa shape index (κ2) is 5.68. The molecular weight excluding hydrogens is 308 g/mol. The Labute approximate surface area is 138 Å². The van der Waals surface area contributed by atoms with Crippen LogP contribution in [-0.4, -0.2) is 78.5 Å². The molecule has 124 valence electrons. The van der Waals surface area contributed by atoms with Gasteiger partial charge in [-0.05, 0) is 20.2 Å². The predicted octanol–water partition coefficient (Wildman–Crippen LogP) is -0.0519. The van der Waals surface area contributed by atoms with E-state index in [0.29, 0.717) is 24.3 Å². The van der Waals surface area contributed by atoms with Crippen molar-refractivity contribution in [3.8, 4) is 0 Å². The fourth-order valence-corrected chi connectivity index (χ4v) is 3.25. The first-order valence-corrected chi connectivity index (χ1v) is 7.75. The zero-order valence-corrected chi connectivity index (χ0v) is 13.5. The second-order valence-corrected chi connectivity index (χ2v) is 6.14. The van der Waals surface area contributed by atoms with E-state index >= 15 is 0 Å². The van der Waals surface area contributed by atoms with E-state index in [4.69, 9.17) is 0 Å². The topological polar surface area (TPSA) is 84.5 Å². The Bertz CT molecular complexity index is 855. The van der Waals surface area contributed by atoms with E-state index in [-0.39, 0.29) is 18.0 Å². The lowest BCUT2D eigenvalue weighted by Gasteiger charge is -2.24. The Kier molecular flexibility index (Phi) is 3.49. The van der Waals surface area contributed by atoms with Gasteiger partial charge in [-0.1, -0.05) is 5.21 Å². The first-order chi connectivity index (χ1) is 11.6. The van der Waals surface area contributed by atoms with Crippen molar-refractivity contribution in [1.82, 2.24) is 39.4 Å². The lowest BCUT2D eigenvalue weighted by molar-refractivity contribution is 0.0782. The summed E-state index contributed by atoms with van der Waals surface area (Å²) in [6, 6.07) is 2.03. The van der Waals surface area contributed by atoms with Gasteiger partial charge in [-0.25, -0.2) is 14.2 Å². The molecule has 3 aromatic heterocycles. The number of aromatic nitrogens is 6. The predicted molar refractivity (Wildman–Crippen MR) is 85.4 cm³/mol. The maximum absolute atomic E-state index is 13.0. The van der Waals surface area contributed by atoms with Crippen LogP contribution in [0.4, 0.5) is 0 Å². The summed E-state index contributed by atoms with van der Waals surface area (Å²) in [7, 11) is 4.03. The molecule has 4 rings (SSSR count). The van der Waals surface area contributed by atoms with Crippen LogP contribution in [0.5, 0.6) is 0 Å². The van der Waals surface area contributed by atoms with Gasteiger partial charge in [0.2, 0.25) is 0 Å². The summed E-state index contributed by atoms with van der Waals surface area (Å²) in [5.74, 6) is -0.0573. The van der Waals surface area contributed by atoms with Crippen molar-refractivity contribution < 1.29 is 4.79 Å².